The molecule has 1 rings (SSSR count). The molecule has 15 heavy (non-hydrogen) atoms. The maximum absolute atomic E-state index is 10.3. The van der Waals surface area contributed by atoms with Crippen molar-refractivity contribution in [1.29, 1.82) is 0 Å². The van der Waals surface area contributed by atoms with E-state index in [4.69, 9.17) is 10.5 Å². The minimum atomic E-state index is -0.563. The number of carbonyl (C=O) groups excluding carboxylic acids is 1. The van der Waals surface area contributed by atoms with Gasteiger partial charge in [-0.05, 0) is 12.1 Å². The van der Waals surface area contributed by atoms with Crippen LogP contribution in [0.4, 0.5) is 0 Å². The Bertz CT molecular complexity index is 363. The van der Waals surface area contributed by atoms with Crippen LogP contribution in [0.1, 0.15) is 5.56 Å². The summed E-state index contributed by atoms with van der Waals surface area (Å²) in [4.78, 5) is 15.0. The van der Waals surface area contributed by atoms with E-state index in [1.165, 1.54) is 6.21 Å². The number of amides is 1. The number of nitrogens with two attached hydrogens (primary N) is 1. The van der Waals surface area contributed by atoms with Gasteiger partial charge in [0.1, 0.15) is 5.75 Å². The number of rotatable bonds is 5. The van der Waals surface area contributed by atoms with Crippen LogP contribution in [0.2, 0.25) is 0 Å². The van der Waals surface area contributed by atoms with E-state index in [0.29, 0.717) is 5.75 Å². The Morgan fingerprint density at radius 1 is 1.53 bits per heavy atom. The monoisotopic (exact) mass is 208 g/mol. The Labute approximate surface area is 87.5 Å². The van der Waals surface area contributed by atoms with Crippen molar-refractivity contribution < 1.29 is 14.4 Å². The average Bonchev–Trinajstić information content (AvgIpc) is 2.24. The molecule has 5 heteroatoms. The predicted octanol–water partition coefficient (Wildman–Crippen LogP) is 0.531. The summed E-state index contributed by atoms with van der Waals surface area (Å²) >= 11 is 0. The number of hydrogen-bond acceptors (Lipinski definition) is 4. The molecule has 0 aliphatic heterocycles. The van der Waals surface area contributed by atoms with Crippen LogP contribution >= 0.6 is 0 Å². The van der Waals surface area contributed by atoms with Gasteiger partial charge < -0.3 is 15.3 Å². The molecule has 0 saturated heterocycles. The lowest BCUT2D eigenvalue weighted by Gasteiger charge is -2.02. The minimum Gasteiger partial charge on any atom is -0.496 e. The second kappa shape index (κ2) is 5.64. The highest BCUT2D eigenvalue weighted by Crippen LogP contribution is 2.14. The smallest absolute Gasteiger partial charge is 0.258 e. The van der Waals surface area contributed by atoms with Gasteiger partial charge >= 0.3 is 0 Å². The molecule has 5 nitrogen and oxygen atoms in total. The van der Waals surface area contributed by atoms with Gasteiger partial charge in [0.25, 0.3) is 5.91 Å². The van der Waals surface area contributed by atoms with Crippen molar-refractivity contribution in [2.75, 3.05) is 13.7 Å². The first kappa shape index (κ1) is 11.0. The van der Waals surface area contributed by atoms with Crippen molar-refractivity contribution in [2.24, 2.45) is 10.9 Å². The van der Waals surface area contributed by atoms with Crippen molar-refractivity contribution >= 4 is 12.1 Å². The fourth-order valence-electron chi connectivity index (χ4n) is 0.968. The van der Waals surface area contributed by atoms with Gasteiger partial charge in [-0.15, -0.1) is 0 Å². The molecule has 0 bridgehead atoms. The molecule has 1 aromatic carbocycles. The zero-order valence-corrected chi connectivity index (χ0v) is 8.34. The van der Waals surface area contributed by atoms with Crippen molar-refractivity contribution in [3.63, 3.8) is 0 Å². The molecule has 1 aromatic rings. The van der Waals surface area contributed by atoms with Crippen LogP contribution in [-0.2, 0) is 9.63 Å². The van der Waals surface area contributed by atoms with Crippen molar-refractivity contribution in [3.05, 3.63) is 29.8 Å². The summed E-state index contributed by atoms with van der Waals surface area (Å²) in [5, 5.41) is 3.58. The second-order valence-electron chi connectivity index (χ2n) is 2.72. The summed E-state index contributed by atoms with van der Waals surface area (Å²) in [5.74, 6) is 0.121. The van der Waals surface area contributed by atoms with Crippen LogP contribution in [0.15, 0.2) is 29.4 Å². The molecule has 0 aliphatic carbocycles. The van der Waals surface area contributed by atoms with Crippen LogP contribution in [0.25, 0.3) is 0 Å². The Kier molecular flexibility index (Phi) is 4.15. The van der Waals surface area contributed by atoms with Crippen LogP contribution in [0.5, 0.6) is 5.75 Å². The average molecular weight is 208 g/mol. The molecule has 0 saturated carbocycles. The molecule has 0 atom stereocenters. The highest BCUT2D eigenvalue weighted by atomic mass is 16.6. The Hall–Kier alpha value is -2.04. The molecule has 0 radical (unpaired) electrons. The molecular weight excluding hydrogens is 196 g/mol. The lowest BCUT2D eigenvalue weighted by atomic mass is 10.2. The molecule has 0 spiro atoms. The van der Waals surface area contributed by atoms with Gasteiger partial charge in [-0.1, -0.05) is 17.3 Å². The van der Waals surface area contributed by atoms with Gasteiger partial charge in [-0.25, -0.2) is 0 Å². The Balaban J connectivity index is 2.59. The summed E-state index contributed by atoms with van der Waals surface area (Å²) < 4.78 is 5.09. The summed E-state index contributed by atoms with van der Waals surface area (Å²) in [7, 11) is 1.57. The fourth-order valence-corrected chi connectivity index (χ4v) is 0.968. The highest BCUT2D eigenvalue weighted by Gasteiger charge is 1.97. The van der Waals surface area contributed by atoms with Gasteiger partial charge in [0, 0.05) is 5.56 Å². The number of carbonyl (C=O) groups is 1. The molecule has 80 valence electrons. The number of primary amides is 1. The lowest BCUT2D eigenvalue weighted by molar-refractivity contribution is -0.122. The van der Waals surface area contributed by atoms with Gasteiger partial charge in [0.05, 0.1) is 13.3 Å². The van der Waals surface area contributed by atoms with Gasteiger partial charge in [-0.2, -0.15) is 0 Å². The number of ether oxygens (including phenoxy) is 1. The molecule has 1 amide bonds. The first-order valence-electron chi connectivity index (χ1n) is 4.30. The third kappa shape index (κ3) is 3.68. The van der Waals surface area contributed by atoms with Crippen molar-refractivity contribution in [1.82, 2.24) is 0 Å². The molecule has 0 unspecified atom stereocenters. The number of hydrogen-bond donors (Lipinski definition) is 1. The van der Waals surface area contributed by atoms with E-state index in [1.54, 1.807) is 13.2 Å². The maximum atomic E-state index is 10.3. The topological polar surface area (TPSA) is 73.9 Å². The number of nitrogens with zero attached hydrogens (tertiary/aromatic N) is 1. The van der Waals surface area contributed by atoms with Gasteiger partial charge in [-0.3, -0.25) is 4.79 Å². The van der Waals surface area contributed by atoms with Crippen LogP contribution in [0, 0.1) is 0 Å². The van der Waals surface area contributed by atoms with E-state index in [9.17, 15) is 4.79 Å². The first-order valence-corrected chi connectivity index (χ1v) is 4.30. The number of benzene rings is 1. The van der Waals surface area contributed by atoms with E-state index in [2.05, 4.69) is 9.99 Å². The number of para-hydroxylation sites is 1. The van der Waals surface area contributed by atoms with E-state index in [0.717, 1.165) is 5.56 Å². The van der Waals surface area contributed by atoms with Gasteiger partial charge in [0.2, 0.25) is 0 Å². The fraction of sp³-hybridized carbons (Fsp3) is 0.200. The summed E-state index contributed by atoms with van der Waals surface area (Å²) in [6.07, 6.45) is 1.46. The predicted molar refractivity (Wildman–Crippen MR) is 55.7 cm³/mol. The molecular formula is C10H12N2O3. The van der Waals surface area contributed by atoms with Crippen molar-refractivity contribution in [2.45, 2.75) is 0 Å². The molecule has 0 fully saturated rings. The van der Waals surface area contributed by atoms with E-state index < -0.39 is 5.91 Å². The molecule has 2 N–H and O–H groups in total. The van der Waals surface area contributed by atoms with E-state index in [-0.39, 0.29) is 6.61 Å². The lowest BCUT2D eigenvalue weighted by Crippen LogP contribution is -2.16. The summed E-state index contributed by atoms with van der Waals surface area (Å²) in [5.41, 5.74) is 5.63. The highest BCUT2D eigenvalue weighted by molar-refractivity contribution is 5.83. The Morgan fingerprint density at radius 3 is 2.93 bits per heavy atom. The summed E-state index contributed by atoms with van der Waals surface area (Å²) in [6.45, 7) is -0.231. The largest absolute Gasteiger partial charge is 0.496 e. The molecule has 0 heterocycles. The van der Waals surface area contributed by atoms with Crippen molar-refractivity contribution in [3.8, 4) is 5.75 Å². The minimum absolute atomic E-state index is 0.231. The van der Waals surface area contributed by atoms with E-state index in [1.807, 2.05) is 18.2 Å². The summed E-state index contributed by atoms with van der Waals surface area (Å²) in [6, 6.07) is 7.31. The first-order chi connectivity index (χ1) is 7.24. The van der Waals surface area contributed by atoms with E-state index >= 15 is 0 Å². The van der Waals surface area contributed by atoms with Crippen LogP contribution < -0.4 is 10.5 Å². The zero-order valence-electron chi connectivity index (χ0n) is 8.34. The van der Waals surface area contributed by atoms with Crippen LogP contribution in [-0.4, -0.2) is 25.8 Å². The Morgan fingerprint density at radius 2 is 2.27 bits per heavy atom. The molecule has 0 aromatic heterocycles. The second-order valence-corrected chi connectivity index (χ2v) is 2.72. The molecule has 0 aliphatic rings. The quantitative estimate of drug-likeness (QED) is 0.566. The van der Waals surface area contributed by atoms with Crippen LogP contribution in [0.3, 0.4) is 0 Å². The standard InChI is InChI=1S/C10H12N2O3/c1-14-9-5-3-2-4-8(9)6-12-15-7-10(11)13/h2-6H,7H2,1H3,(H2,11,13)/b12-6-. The number of methoxy groups -OCH3 is 1. The third-order valence-corrected chi connectivity index (χ3v) is 1.61. The third-order valence-electron chi connectivity index (χ3n) is 1.61. The SMILES string of the molecule is COc1ccccc1/C=N\OCC(N)=O. The maximum Gasteiger partial charge on any atom is 0.258 e. The normalized spacial score (nSPS) is 10.2. The zero-order chi connectivity index (χ0) is 11.1. The number of oxime groups is 1. The van der Waals surface area contributed by atoms with Gasteiger partial charge in [0.15, 0.2) is 6.61 Å².